The second-order valence-electron chi connectivity index (χ2n) is 3.92. The van der Waals surface area contributed by atoms with Crippen LogP contribution < -0.4 is 21.1 Å². The number of rotatable bonds is 7. The van der Waals surface area contributed by atoms with Gasteiger partial charge in [-0.15, -0.1) is 12.4 Å². The zero-order chi connectivity index (χ0) is 15.0. The number of ether oxygens (including phenoxy) is 1. The van der Waals surface area contributed by atoms with Crippen molar-refractivity contribution >= 4 is 41.9 Å². The van der Waals surface area contributed by atoms with Gasteiger partial charge in [0.15, 0.2) is 0 Å². The van der Waals surface area contributed by atoms with Crippen LogP contribution in [0.5, 0.6) is 5.75 Å². The Kier molecular flexibility index (Phi) is 9.32. The molecule has 0 unspecified atom stereocenters. The second kappa shape index (κ2) is 10.1. The molecule has 4 N–H and O–H groups in total. The van der Waals surface area contributed by atoms with E-state index in [-0.39, 0.29) is 18.3 Å². The minimum atomic E-state index is -0.276. The van der Waals surface area contributed by atoms with Gasteiger partial charge in [0.25, 0.3) is 5.91 Å². The van der Waals surface area contributed by atoms with Crippen molar-refractivity contribution in [3.63, 3.8) is 0 Å². The number of nitrogens with zero attached hydrogens (tertiary/aromatic N) is 1. The van der Waals surface area contributed by atoms with Crippen molar-refractivity contribution in [1.82, 2.24) is 10.6 Å². The summed E-state index contributed by atoms with van der Waals surface area (Å²) in [5.74, 6) is 0.114. The number of aliphatic imine (C=N–C) groups is 1. The SMILES string of the molecule is CCNC=NCCNC(=O)c1cc(Cl)c(N)cc1OC.Cl. The maximum Gasteiger partial charge on any atom is 0.255 e. The number of nitrogen functional groups attached to an aromatic ring is 1. The first-order valence-corrected chi connectivity index (χ1v) is 6.60. The van der Waals surface area contributed by atoms with Crippen LogP contribution in [0, 0.1) is 0 Å². The van der Waals surface area contributed by atoms with Gasteiger partial charge in [0.1, 0.15) is 5.75 Å². The molecule has 0 aliphatic rings. The Balaban J connectivity index is 0.00000400. The number of nitrogens with one attached hydrogen (secondary N) is 2. The Hall–Kier alpha value is -1.66. The summed E-state index contributed by atoms with van der Waals surface area (Å²) in [4.78, 5) is 16.1. The number of halogens is 2. The highest BCUT2D eigenvalue weighted by Crippen LogP contribution is 2.28. The van der Waals surface area contributed by atoms with Crippen molar-refractivity contribution in [1.29, 1.82) is 0 Å². The fourth-order valence-electron chi connectivity index (χ4n) is 1.47. The summed E-state index contributed by atoms with van der Waals surface area (Å²) in [6.45, 7) is 3.71. The number of methoxy groups -OCH3 is 1. The molecule has 1 rings (SSSR count). The number of benzene rings is 1. The lowest BCUT2D eigenvalue weighted by molar-refractivity contribution is 0.0952. The highest BCUT2D eigenvalue weighted by atomic mass is 35.5. The largest absolute Gasteiger partial charge is 0.496 e. The molecule has 0 heterocycles. The van der Waals surface area contributed by atoms with E-state index in [2.05, 4.69) is 15.6 Å². The highest BCUT2D eigenvalue weighted by molar-refractivity contribution is 6.33. The van der Waals surface area contributed by atoms with E-state index in [1.807, 2.05) is 6.92 Å². The van der Waals surface area contributed by atoms with Gasteiger partial charge in [-0.3, -0.25) is 9.79 Å². The fraction of sp³-hybridized carbons (Fsp3) is 0.385. The molecular weight excluding hydrogens is 315 g/mol. The first-order valence-electron chi connectivity index (χ1n) is 6.23. The molecule has 0 fully saturated rings. The number of hydrogen-bond acceptors (Lipinski definition) is 4. The number of amides is 1. The third kappa shape index (κ3) is 6.10. The lowest BCUT2D eigenvalue weighted by Gasteiger charge is -2.10. The third-order valence-electron chi connectivity index (χ3n) is 2.48. The van der Waals surface area contributed by atoms with Crippen LogP contribution >= 0.6 is 24.0 Å². The monoisotopic (exact) mass is 334 g/mol. The molecule has 0 spiro atoms. The molecule has 0 atom stereocenters. The molecule has 0 aliphatic heterocycles. The van der Waals surface area contributed by atoms with Gasteiger partial charge in [-0.25, -0.2) is 0 Å². The maximum atomic E-state index is 12.0. The van der Waals surface area contributed by atoms with Crippen molar-refractivity contribution in [2.75, 3.05) is 32.5 Å². The second-order valence-corrected chi connectivity index (χ2v) is 4.33. The summed E-state index contributed by atoms with van der Waals surface area (Å²) < 4.78 is 5.12. The van der Waals surface area contributed by atoms with Gasteiger partial charge in [-0.2, -0.15) is 0 Å². The van der Waals surface area contributed by atoms with Gasteiger partial charge in [0, 0.05) is 19.2 Å². The summed E-state index contributed by atoms with van der Waals surface area (Å²) in [6, 6.07) is 3.02. The molecule has 1 aromatic rings. The standard InChI is InChI=1S/C13H19ClN4O2.ClH/c1-3-16-8-17-4-5-18-13(19)9-6-10(14)11(15)7-12(9)20-2;/h6-8H,3-5,15H2,1-2H3,(H,16,17)(H,18,19);1H. The Morgan fingerprint density at radius 3 is 2.86 bits per heavy atom. The van der Waals surface area contributed by atoms with E-state index in [1.54, 1.807) is 6.34 Å². The Morgan fingerprint density at radius 1 is 1.52 bits per heavy atom. The minimum Gasteiger partial charge on any atom is -0.496 e. The summed E-state index contributed by atoms with van der Waals surface area (Å²) in [5, 5.41) is 6.00. The number of anilines is 1. The average molecular weight is 335 g/mol. The quantitative estimate of drug-likeness (QED) is 0.306. The Morgan fingerprint density at radius 2 is 2.24 bits per heavy atom. The van der Waals surface area contributed by atoms with E-state index in [0.29, 0.717) is 35.1 Å². The predicted octanol–water partition coefficient (Wildman–Crippen LogP) is 1.72. The number of carbonyl (C=O) groups is 1. The maximum absolute atomic E-state index is 12.0. The van der Waals surface area contributed by atoms with Crippen molar-refractivity contribution in [3.8, 4) is 5.75 Å². The fourth-order valence-corrected chi connectivity index (χ4v) is 1.63. The molecule has 0 aliphatic carbocycles. The van der Waals surface area contributed by atoms with Gasteiger partial charge >= 0.3 is 0 Å². The molecule has 8 heteroatoms. The average Bonchev–Trinajstić information content (AvgIpc) is 2.44. The normalized spacial score (nSPS) is 10.0. The van der Waals surface area contributed by atoms with E-state index in [9.17, 15) is 4.79 Å². The highest BCUT2D eigenvalue weighted by Gasteiger charge is 2.14. The van der Waals surface area contributed by atoms with Gasteiger partial charge in [-0.05, 0) is 13.0 Å². The van der Waals surface area contributed by atoms with Crippen LogP contribution in [-0.4, -0.2) is 39.0 Å². The van der Waals surface area contributed by atoms with Gasteiger partial charge < -0.3 is 21.1 Å². The van der Waals surface area contributed by atoms with Gasteiger partial charge in [0.05, 0.1) is 36.3 Å². The van der Waals surface area contributed by atoms with Crippen LogP contribution in [0.4, 0.5) is 5.69 Å². The Labute approximate surface area is 135 Å². The van der Waals surface area contributed by atoms with Crippen LogP contribution in [0.25, 0.3) is 0 Å². The zero-order valence-electron chi connectivity index (χ0n) is 12.0. The van der Waals surface area contributed by atoms with Crippen LogP contribution in [-0.2, 0) is 0 Å². The number of hydrogen-bond donors (Lipinski definition) is 3. The first-order chi connectivity index (χ1) is 9.60. The third-order valence-corrected chi connectivity index (χ3v) is 2.80. The molecule has 21 heavy (non-hydrogen) atoms. The minimum absolute atomic E-state index is 0. The van der Waals surface area contributed by atoms with Crippen molar-refractivity contribution in [2.24, 2.45) is 4.99 Å². The molecule has 0 saturated heterocycles. The molecule has 1 aromatic carbocycles. The van der Waals surface area contributed by atoms with E-state index >= 15 is 0 Å². The van der Waals surface area contributed by atoms with E-state index in [0.717, 1.165) is 6.54 Å². The van der Waals surface area contributed by atoms with Crippen LogP contribution in [0.1, 0.15) is 17.3 Å². The van der Waals surface area contributed by atoms with E-state index in [4.69, 9.17) is 22.1 Å². The predicted molar refractivity (Wildman–Crippen MR) is 89.0 cm³/mol. The number of nitrogens with two attached hydrogens (primary N) is 1. The smallest absolute Gasteiger partial charge is 0.255 e. The Bertz CT molecular complexity index is 495. The summed E-state index contributed by atoms with van der Waals surface area (Å²) in [5.41, 5.74) is 6.38. The zero-order valence-corrected chi connectivity index (χ0v) is 13.6. The van der Waals surface area contributed by atoms with Gasteiger partial charge in [-0.1, -0.05) is 11.6 Å². The van der Waals surface area contributed by atoms with Crippen molar-refractivity contribution < 1.29 is 9.53 Å². The summed E-state index contributed by atoms with van der Waals surface area (Å²) >= 11 is 5.91. The topological polar surface area (TPSA) is 88.7 Å². The van der Waals surface area contributed by atoms with Crippen LogP contribution in [0.15, 0.2) is 17.1 Å². The number of carbonyl (C=O) groups excluding carboxylic acids is 1. The van der Waals surface area contributed by atoms with Gasteiger partial charge in [0.2, 0.25) is 0 Å². The summed E-state index contributed by atoms with van der Waals surface area (Å²) in [7, 11) is 1.47. The molecule has 0 bridgehead atoms. The molecule has 0 saturated carbocycles. The van der Waals surface area contributed by atoms with Crippen LogP contribution in [0.2, 0.25) is 5.02 Å². The molecule has 118 valence electrons. The van der Waals surface area contributed by atoms with E-state index in [1.165, 1.54) is 19.2 Å². The molecular formula is C13H20Cl2N4O2. The van der Waals surface area contributed by atoms with E-state index < -0.39 is 0 Å². The lowest BCUT2D eigenvalue weighted by atomic mass is 10.1. The van der Waals surface area contributed by atoms with Crippen molar-refractivity contribution in [2.45, 2.75) is 6.92 Å². The molecule has 0 radical (unpaired) electrons. The molecule has 0 aromatic heterocycles. The molecule has 1 amide bonds. The first kappa shape index (κ1) is 19.3. The summed E-state index contributed by atoms with van der Waals surface area (Å²) in [6.07, 6.45) is 1.62. The van der Waals surface area contributed by atoms with Crippen LogP contribution in [0.3, 0.4) is 0 Å². The lowest BCUT2D eigenvalue weighted by Crippen LogP contribution is -2.26. The molecule has 6 nitrogen and oxygen atoms in total. The van der Waals surface area contributed by atoms with Crippen molar-refractivity contribution in [3.05, 3.63) is 22.7 Å².